The fourth-order valence-corrected chi connectivity index (χ4v) is 4.09. The van der Waals surface area contributed by atoms with Crippen molar-refractivity contribution in [3.63, 3.8) is 0 Å². The maximum atomic E-state index is 12.4. The number of sulfonamides is 1. The van der Waals surface area contributed by atoms with Gasteiger partial charge in [-0.1, -0.05) is 24.6 Å². The summed E-state index contributed by atoms with van der Waals surface area (Å²) in [5.74, 6) is -3.16. The van der Waals surface area contributed by atoms with Crippen molar-refractivity contribution in [2.24, 2.45) is 0 Å². The number of hydrogen-bond donors (Lipinski definition) is 6. The van der Waals surface area contributed by atoms with Gasteiger partial charge >= 0.3 is 5.97 Å². The van der Waals surface area contributed by atoms with Crippen molar-refractivity contribution in [1.29, 1.82) is 0 Å². The van der Waals surface area contributed by atoms with Crippen molar-refractivity contribution in [3.8, 4) is 0 Å². The number of unbranched alkanes of at least 4 members (excludes halogenated alkanes) is 1. The number of aromatic nitrogens is 1. The van der Waals surface area contributed by atoms with Crippen LogP contribution in [0.2, 0.25) is 0 Å². The minimum absolute atomic E-state index is 0.0491. The number of ether oxygens (including phenoxy) is 1. The molecule has 6 N–H and O–H groups in total. The summed E-state index contributed by atoms with van der Waals surface area (Å²) in [6.45, 7) is 2.20. The van der Waals surface area contributed by atoms with Gasteiger partial charge in [-0.3, -0.25) is 15.4 Å². The Morgan fingerprint density at radius 2 is 2.26 bits per heavy atom. The number of hydrogen-bond acceptors (Lipinski definition) is 10. The minimum atomic E-state index is -4.04. The van der Waals surface area contributed by atoms with Gasteiger partial charge in [-0.05, 0) is 12.6 Å². The Morgan fingerprint density at radius 3 is 2.87 bits per heavy atom. The molecular formula is C17H28N6O7S. The molecule has 1 aromatic heterocycles. The minimum Gasteiger partial charge on any atom is -0.478 e. The first-order valence-electron chi connectivity index (χ1n) is 9.72. The molecule has 0 bridgehead atoms. The van der Waals surface area contributed by atoms with Crippen LogP contribution in [0.15, 0.2) is 29.1 Å². The van der Waals surface area contributed by atoms with Crippen LogP contribution in [0, 0.1) is 0 Å². The average molecular weight is 461 g/mol. The Hall–Kier alpha value is -2.52. The Labute approximate surface area is 180 Å². The number of nitrogens with zero attached hydrogens (tertiary/aromatic N) is 1. The summed E-state index contributed by atoms with van der Waals surface area (Å²) in [5, 5.41) is 24.6. The van der Waals surface area contributed by atoms with E-state index in [1.165, 1.54) is 12.3 Å². The van der Waals surface area contributed by atoms with E-state index in [1.807, 2.05) is 6.08 Å². The highest BCUT2D eigenvalue weighted by molar-refractivity contribution is 7.89. The smallest absolute Gasteiger partial charge is 0.348 e. The van der Waals surface area contributed by atoms with Crippen LogP contribution in [0.3, 0.4) is 0 Å². The summed E-state index contributed by atoms with van der Waals surface area (Å²) < 4.78 is 37.1. The van der Waals surface area contributed by atoms with Crippen molar-refractivity contribution < 1.29 is 32.4 Å². The van der Waals surface area contributed by atoms with Gasteiger partial charge in [-0.15, -0.1) is 0 Å². The van der Waals surface area contributed by atoms with Crippen molar-refractivity contribution in [2.45, 2.75) is 31.7 Å². The Kier molecular flexibility index (Phi) is 9.39. The monoisotopic (exact) mass is 460 g/mol. The van der Waals surface area contributed by atoms with Gasteiger partial charge in [0.05, 0.1) is 25.2 Å². The van der Waals surface area contributed by atoms with Gasteiger partial charge in [0.2, 0.25) is 21.4 Å². The standard InChI is InChI=1S/C17H28N6O7S/c1-2-3-11-31(27,28)23-17(15(25)26,22-14(24)13-5-8-21-30-13)12-29-10-9-20-16-18-6-4-7-19-16/h4-6,8,16,18-20,23H,2-3,7,9-12H2,1H3,(H,22,24)(H,25,26). The SMILES string of the molecule is CCCCS(=O)(=O)NC(COCCNC1NC=CCN1)(NC(=O)c1ccno1)C(=O)O. The molecule has 2 rings (SSSR count). The number of carboxylic acid groups (broad SMARTS) is 1. The average Bonchev–Trinajstić information content (AvgIpc) is 3.27. The largest absolute Gasteiger partial charge is 0.478 e. The molecule has 14 heteroatoms. The normalized spacial score (nSPS) is 18.2. The summed E-state index contributed by atoms with van der Waals surface area (Å²) in [4.78, 5) is 24.5. The van der Waals surface area contributed by atoms with Crippen molar-refractivity contribution in [3.05, 3.63) is 30.3 Å². The molecule has 1 amide bonds. The molecule has 1 aromatic rings. The third kappa shape index (κ3) is 7.91. The van der Waals surface area contributed by atoms with Gasteiger partial charge in [-0.25, -0.2) is 13.2 Å². The lowest BCUT2D eigenvalue weighted by Gasteiger charge is -2.30. The second-order valence-corrected chi connectivity index (χ2v) is 8.57. The van der Waals surface area contributed by atoms with E-state index in [-0.39, 0.29) is 24.4 Å². The first-order chi connectivity index (χ1) is 14.8. The summed E-state index contributed by atoms with van der Waals surface area (Å²) in [7, 11) is -4.04. The van der Waals surface area contributed by atoms with Crippen LogP contribution in [0.25, 0.3) is 0 Å². The van der Waals surface area contributed by atoms with E-state index >= 15 is 0 Å². The summed E-state index contributed by atoms with van der Waals surface area (Å²) in [6, 6.07) is 1.22. The molecule has 0 radical (unpaired) electrons. The Morgan fingerprint density at radius 1 is 1.45 bits per heavy atom. The third-order valence-electron chi connectivity index (χ3n) is 4.18. The molecule has 1 aliphatic heterocycles. The van der Waals surface area contributed by atoms with Crippen LogP contribution < -0.4 is 26.0 Å². The van der Waals surface area contributed by atoms with E-state index in [4.69, 9.17) is 9.26 Å². The first-order valence-corrected chi connectivity index (χ1v) is 11.4. The van der Waals surface area contributed by atoms with Gasteiger partial charge in [0.1, 0.15) is 6.29 Å². The molecule has 0 spiro atoms. The highest BCUT2D eigenvalue weighted by Gasteiger charge is 2.45. The highest BCUT2D eigenvalue weighted by atomic mass is 32.2. The van der Waals surface area contributed by atoms with Crippen LogP contribution in [-0.2, 0) is 19.6 Å². The molecule has 2 heterocycles. The fraction of sp³-hybridized carbons (Fsp3) is 0.588. The summed E-state index contributed by atoms with van der Waals surface area (Å²) >= 11 is 0. The molecule has 2 atom stereocenters. The molecule has 0 aliphatic carbocycles. The number of aliphatic carboxylic acids is 1. The number of carbonyl (C=O) groups is 2. The quantitative estimate of drug-likeness (QED) is 0.140. The van der Waals surface area contributed by atoms with Crippen LogP contribution in [0.1, 0.15) is 30.3 Å². The van der Waals surface area contributed by atoms with E-state index in [1.54, 1.807) is 13.1 Å². The molecular weight excluding hydrogens is 432 g/mol. The molecule has 0 aromatic carbocycles. The van der Waals surface area contributed by atoms with E-state index in [9.17, 15) is 23.1 Å². The topological polar surface area (TPSA) is 184 Å². The molecule has 174 valence electrons. The molecule has 2 unspecified atom stereocenters. The lowest BCUT2D eigenvalue weighted by molar-refractivity contribution is -0.148. The predicted octanol–water partition coefficient (Wildman–Crippen LogP) is -1.50. The number of carbonyl (C=O) groups excluding carboxylic acids is 1. The highest BCUT2D eigenvalue weighted by Crippen LogP contribution is 2.10. The molecule has 0 saturated heterocycles. The van der Waals surface area contributed by atoms with Crippen molar-refractivity contribution in [1.82, 2.24) is 31.1 Å². The predicted molar refractivity (Wildman–Crippen MR) is 109 cm³/mol. The van der Waals surface area contributed by atoms with Crippen molar-refractivity contribution in [2.75, 3.05) is 32.1 Å². The molecule has 31 heavy (non-hydrogen) atoms. The third-order valence-corrected chi connectivity index (χ3v) is 5.67. The van der Waals surface area contributed by atoms with Gasteiger partial charge < -0.3 is 25.0 Å². The molecule has 13 nitrogen and oxygen atoms in total. The number of amides is 1. The molecule has 0 fully saturated rings. The maximum absolute atomic E-state index is 12.4. The van der Waals surface area contributed by atoms with Crippen molar-refractivity contribution >= 4 is 21.9 Å². The van der Waals surface area contributed by atoms with Gasteiger partial charge in [0, 0.05) is 19.2 Å². The van der Waals surface area contributed by atoms with Crippen LogP contribution in [-0.4, -0.2) is 74.6 Å². The lowest BCUT2D eigenvalue weighted by atomic mass is 10.2. The zero-order chi connectivity index (χ0) is 22.7. The fourth-order valence-electron chi connectivity index (χ4n) is 2.59. The second-order valence-electron chi connectivity index (χ2n) is 6.73. The number of carboxylic acids is 1. The van der Waals surface area contributed by atoms with Crippen LogP contribution in [0.5, 0.6) is 0 Å². The van der Waals surface area contributed by atoms with Crippen LogP contribution in [0.4, 0.5) is 0 Å². The number of rotatable bonds is 14. The second kappa shape index (κ2) is 11.8. The summed E-state index contributed by atoms with van der Waals surface area (Å²) in [5.41, 5.74) is -2.43. The van der Waals surface area contributed by atoms with E-state index in [0.29, 0.717) is 25.9 Å². The zero-order valence-electron chi connectivity index (χ0n) is 17.1. The Balaban J connectivity index is 2.05. The van der Waals surface area contributed by atoms with Crippen LogP contribution >= 0.6 is 0 Å². The van der Waals surface area contributed by atoms with Gasteiger partial charge in [0.25, 0.3) is 5.91 Å². The summed E-state index contributed by atoms with van der Waals surface area (Å²) in [6.07, 6.45) is 5.62. The molecule has 1 aliphatic rings. The van der Waals surface area contributed by atoms with E-state index in [2.05, 4.69) is 31.1 Å². The van der Waals surface area contributed by atoms with Gasteiger partial charge in [0.15, 0.2) is 0 Å². The zero-order valence-corrected chi connectivity index (χ0v) is 17.9. The van der Waals surface area contributed by atoms with Gasteiger partial charge in [-0.2, -0.15) is 4.72 Å². The number of nitrogens with one attached hydrogen (secondary N) is 5. The Bertz CT molecular complexity index is 845. The van der Waals surface area contributed by atoms with E-state index in [0.717, 1.165) is 0 Å². The first kappa shape index (κ1) is 24.7. The van der Waals surface area contributed by atoms with E-state index < -0.39 is 34.2 Å². The molecule has 0 saturated carbocycles. The maximum Gasteiger partial charge on any atom is 0.348 e. The lowest BCUT2D eigenvalue weighted by Crippen LogP contribution is -2.68.